The van der Waals surface area contributed by atoms with E-state index in [1.807, 2.05) is 19.1 Å². The number of amides is 1. The van der Waals surface area contributed by atoms with Gasteiger partial charge in [0.05, 0.1) is 5.92 Å². The summed E-state index contributed by atoms with van der Waals surface area (Å²) >= 11 is 3.43. The molecule has 1 aromatic rings. The first-order valence-corrected chi connectivity index (χ1v) is 5.54. The highest BCUT2D eigenvalue weighted by molar-refractivity contribution is 9.10. The normalized spacial score (nSPS) is 21.0. The molecule has 1 heterocycles. The van der Waals surface area contributed by atoms with Crippen LogP contribution in [0.15, 0.2) is 22.7 Å². The van der Waals surface area contributed by atoms with Crippen molar-refractivity contribution < 1.29 is 4.79 Å². The fourth-order valence-electron chi connectivity index (χ4n) is 1.81. The lowest BCUT2D eigenvalue weighted by Crippen LogP contribution is -2.26. The van der Waals surface area contributed by atoms with Crippen molar-refractivity contribution in [2.45, 2.75) is 19.3 Å². The fourth-order valence-corrected chi connectivity index (χ4v) is 2.19. The molecule has 1 N–H and O–H groups in total. The smallest absolute Gasteiger partial charge is 0.227 e. The highest BCUT2D eigenvalue weighted by Crippen LogP contribution is 2.26. The summed E-state index contributed by atoms with van der Waals surface area (Å²) in [6.07, 6.45) is 0.929. The van der Waals surface area contributed by atoms with Crippen LogP contribution in [-0.2, 0) is 11.2 Å². The van der Waals surface area contributed by atoms with Crippen molar-refractivity contribution >= 4 is 21.8 Å². The van der Waals surface area contributed by atoms with Gasteiger partial charge in [0.25, 0.3) is 0 Å². The maximum absolute atomic E-state index is 11.6. The van der Waals surface area contributed by atoms with E-state index in [-0.39, 0.29) is 11.8 Å². The summed E-state index contributed by atoms with van der Waals surface area (Å²) in [7, 11) is 0. The lowest BCUT2D eigenvalue weighted by Gasteiger charge is -2.10. The Morgan fingerprint density at radius 3 is 3.07 bits per heavy atom. The quantitative estimate of drug-likeness (QED) is 0.755. The van der Waals surface area contributed by atoms with E-state index >= 15 is 0 Å². The molecule has 1 amide bonds. The van der Waals surface area contributed by atoms with Crippen LogP contribution >= 0.6 is 15.9 Å². The molecule has 0 spiro atoms. The molecule has 0 bridgehead atoms. The third-order valence-electron chi connectivity index (χ3n) is 2.66. The van der Waals surface area contributed by atoms with E-state index in [4.69, 9.17) is 0 Å². The van der Waals surface area contributed by atoms with E-state index in [0.717, 1.165) is 23.0 Å². The van der Waals surface area contributed by atoms with Crippen molar-refractivity contribution in [1.29, 1.82) is 0 Å². The van der Waals surface area contributed by atoms with Crippen LogP contribution in [0.3, 0.4) is 0 Å². The number of carbonyl (C=O) groups excluding carboxylic acids is 1. The lowest BCUT2D eigenvalue weighted by atomic mass is 9.95. The van der Waals surface area contributed by atoms with Gasteiger partial charge in [-0.2, -0.15) is 0 Å². The van der Waals surface area contributed by atoms with Crippen molar-refractivity contribution in [3.05, 3.63) is 33.8 Å². The Bertz CT molecular complexity index is 376. The van der Waals surface area contributed by atoms with Crippen molar-refractivity contribution in [3.8, 4) is 0 Å². The number of hydrogen-bond donors (Lipinski definition) is 1. The number of benzene rings is 1. The highest BCUT2D eigenvalue weighted by Gasteiger charge is 2.21. The third kappa shape index (κ3) is 1.69. The van der Waals surface area contributed by atoms with Crippen LogP contribution < -0.4 is 5.32 Å². The minimum atomic E-state index is -0.0370. The summed E-state index contributed by atoms with van der Waals surface area (Å²) < 4.78 is 1.04. The predicted molar refractivity (Wildman–Crippen MR) is 59.3 cm³/mol. The number of halogens is 1. The lowest BCUT2D eigenvalue weighted by molar-refractivity contribution is -0.121. The van der Waals surface area contributed by atoms with Gasteiger partial charge >= 0.3 is 0 Å². The molecule has 0 saturated carbocycles. The molecule has 1 unspecified atom stereocenters. The average molecular weight is 254 g/mol. The van der Waals surface area contributed by atoms with Crippen LogP contribution in [0.25, 0.3) is 0 Å². The van der Waals surface area contributed by atoms with Crippen LogP contribution in [0, 0.1) is 0 Å². The molecule has 1 aliphatic heterocycles. The Morgan fingerprint density at radius 1 is 1.50 bits per heavy atom. The van der Waals surface area contributed by atoms with Gasteiger partial charge < -0.3 is 5.32 Å². The maximum Gasteiger partial charge on any atom is 0.227 e. The molecule has 0 aliphatic carbocycles. The van der Waals surface area contributed by atoms with E-state index in [1.165, 1.54) is 5.56 Å². The minimum absolute atomic E-state index is 0.0370. The Hall–Kier alpha value is -0.830. The Balaban J connectivity index is 2.49. The Morgan fingerprint density at radius 2 is 2.29 bits per heavy atom. The number of fused-ring (bicyclic) bond motifs is 1. The standard InChI is InChI=1S/C11H12BrNO/c1-7-10-6-9(12)3-2-8(10)4-5-13-11(7)14/h2-3,6-7H,4-5H2,1H3,(H,13,14). The van der Waals surface area contributed by atoms with Gasteiger partial charge in [-0.25, -0.2) is 0 Å². The topological polar surface area (TPSA) is 29.1 Å². The van der Waals surface area contributed by atoms with Crippen molar-refractivity contribution in [3.63, 3.8) is 0 Å². The number of carbonyl (C=O) groups is 1. The van der Waals surface area contributed by atoms with Gasteiger partial charge in [0.1, 0.15) is 0 Å². The number of nitrogens with one attached hydrogen (secondary N) is 1. The van der Waals surface area contributed by atoms with Gasteiger partial charge in [-0.15, -0.1) is 0 Å². The summed E-state index contributed by atoms with van der Waals surface area (Å²) in [6.45, 7) is 2.70. The SMILES string of the molecule is CC1C(=O)NCCc2ccc(Br)cc21. The summed E-state index contributed by atoms with van der Waals surface area (Å²) in [5.41, 5.74) is 2.42. The molecule has 0 fully saturated rings. The third-order valence-corrected chi connectivity index (χ3v) is 3.15. The Kier molecular flexibility index (Phi) is 2.59. The maximum atomic E-state index is 11.6. The molecular weight excluding hydrogens is 242 g/mol. The zero-order valence-corrected chi connectivity index (χ0v) is 9.60. The monoisotopic (exact) mass is 253 g/mol. The molecule has 3 heteroatoms. The van der Waals surface area contributed by atoms with Gasteiger partial charge in [-0.1, -0.05) is 22.0 Å². The molecule has 0 radical (unpaired) electrons. The van der Waals surface area contributed by atoms with Gasteiger partial charge in [0, 0.05) is 11.0 Å². The van der Waals surface area contributed by atoms with Gasteiger partial charge in [-0.05, 0) is 36.6 Å². The van der Waals surface area contributed by atoms with Crippen LogP contribution in [0.2, 0.25) is 0 Å². The van der Waals surface area contributed by atoms with Crippen molar-refractivity contribution in [2.24, 2.45) is 0 Å². The zero-order chi connectivity index (χ0) is 10.1. The summed E-state index contributed by atoms with van der Waals surface area (Å²) in [6, 6.07) is 6.17. The molecule has 0 saturated heterocycles. The Labute approximate surface area is 91.8 Å². The molecule has 1 aromatic carbocycles. The molecule has 1 aliphatic rings. The minimum Gasteiger partial charge on any atom is -0.355 e. The van der Waals surface area contributed by atoms with Crippen LogP contribution in [-0.4, -0.2) is 12.5 Å². The van der Waals surface area contributed by atoms with E-state index in [0.29, 0.717) is 0 Å². The van der Waals surface area contributed by atoms with Gasteiger partial charge in [-0.3, -0.25) is 4.79 Å². The van der Waals surface area contributed by atoms with Crippen molar-refractivity contribution in [1.82, 2.24) is 5.32 Å². The zero-order valence-electron chi connectivity index (χ0n) is 8.01. The molecular formula is C11H12BrNO. The summed E-state index contributed by atoms with van der Waals surface area (Å²) in [4.78, 5) is 11.6. The molecule has 2 rings (SSSR count). The second kappa shape index (κ2) is 3.73. The van der Waals surface area contributed by atoms with Gasteiger partial charge in [0.15, 0.2) is 0 Å². The first-order valence-electron chi connectivity index (χ1n) is 4.74. The first-order chi connectivity index (χ1) is 6.68. The first kappa shape index (κ1) is 9.71. The van der Waals surface area contributed by atoms with E-state index < -0.39 is 0 Å². The number of rotatable bonds is 0. The van der Waals surface area contributed by atoms with Crippen LogP contribution in [0.5, 0.6) is 0 Å². The summed E-state index contributed by atoms with van der Waals surface area (Å²) in [5.74, 6) is 0.0897. The second-order valence-electron chi connectivity index (χ2n) is 3.61. The largest absolute Gasteiger partial charge is 0.355 e. The van der Waals surface area contributed by atoms with E-state index in [2.05, 4.69) is 27.3 Å². The highest BCUT2D eigenvalue weighted by atomic mass is 79.9. The summed E-state index contributed by atoms with van der Waals surface area (Å²) in [5, 5.41) is 2.91. The van der Waals surface area contributed by atoms with E-state index in [1.54, 1.807) is 0 Å². The van der Waals surface area contributed by atoms with Crippen molar-refractivity contribution in [2.75, 3.05) is 6.54 Å². The molecule has 74 valence electrons. The molecule has 0 aromatic heterocycles. The molecule has 14 heavy (non-hydrogen) atoms. The average Bonchev–Trinajstić information content (AvgIpc) is 2.30. The number of hydrogen-bond acceptors (Lipinski definition) is 1. The predicted octanol–water partition coefficient (Wildman–Crippen LogP) is 2.22. The van der Waals surface area contributed by atoms with Crippen LogP contribution in [0.4, 0.5) is 0 Å². The second-order valence-corrected chi connectivity index (χ2v) is 4.52. The fraction of sp³-hybridized carbons (Fsp3) is 0.364. The van der Waals surface area contributed by atoms with E-state index in [9.17, 15) is 4.79 Å². The molecule has 1 atom stereocenters. The van der Waals surface area contributed by atoms with Gasteiger partial charge in [0.2, 0.25) is 5.91 Å². The molecule has 2 nitrogen and oxygen atoms in total. The van der Waals surface area contributed by atoms with Crippen LogP contribution in [0.1, 0.15) is 24.0 Å².